The Morgan fingerprint density at radius 2 is 1.37 bits per heavy atom. The number of alkyl halides is 3. The van der Waals surface area contributed by atoms with Gasteiger partial charge in [-0.3, -0.25) is 9.69 Å². The molecule has 0 saturated carbocycles. The highest BCUT2D eigenvalue weighted by Crippen LogP contribution is 2.56. The van der Waals surface area contributed by atoms with Gasteiger partial charge >= 0.3 is 24.0 Å². The maximum atomic E-state index is 13.7. The molecule has 0 bridgehead atoms. The molecule has 1 aromatic rings. The molecule has 0 spiro atoms. The molecule has 0 fully saturated rings. The van der Waals surface area contributed by atoms with Crippen molar-refractivity contribution in [3.05, 3.63) is 42.9 Å². The number of esters is 2. The summed E-state index contributed by atoms with van der Waals surface area (Å²) in [6.07, 6.45) is -6.04. The summed E-state index contributed by atoms with van der Waals surface area (Å²) in [6.45, 7) is 13.1. The molecular weight excluding hydrogens is 559 g/mol. The van der Waals surface area contributed by atoms with E-state index in [9.17, 15) is 27.6 Å². The van der Waals surface area contributed by atoms with Gasteiger partial charge in [0, 0.05) is 11.1 Å². The first kappa shape index (κ1) is 30.2. The molecule has 0 unspecified atom stereocenters. The van der Waals surface area contributed by atoms with E-state index in [0.29, 0.717) is 25.8 Å². The maximum absolute atomic E-state index is 13.7. The minimum absolute atomic E-state index is 0.0108. The number of thiocarbonyl (C=S) groups is 1. The van der Waals surface area contributed by atoms with Gasteiger partial charge in [0.1, 0.15) is 9.81 Å². The predicted molar refractivity (Wildman–Crippen MR) is 148 cm³/mol. The third-order valence-corrected chi connectivity index (χ3v) is 9.03. The summed E-state index contributed by atoms with van der Waals surface area (Å²) in [6, 6.07) is 3.20. The van der Waals surface area contributed by atoms with Gasteiger partial charge in [0.2, 0.25) is 0 Å². The van der Waals surface area contributed by atoms with Crippen LogP contribution in [0.5, 0.6) is 0 Å². The number of thioether (sulfide) groups is 2. The lowest BCUT2D eigenvalue weighted by atomic mass is 9.82. The second kappa shape index (κ2) is 10.7. The molecule has 2 heterocycles. The number of benzene rings is 1. The number of hydrogen-bond acceptors (Lipinski definition) is 8. The Kier molecular flexibility index (Phi) is 8.51. The molecule has 2 aliphatic heterocycles. The van der Waals surface area contributed by atoms with Crippen LogP contribution in [-0.4, -0.2) is 46.6 Å². The number of halogens is 3. The van der Waals surface area contributed by atoms with Crippen LogP contribution in [0.1, 0.15) is 58.2 Å². The normalized spacial score (nSPS) is 17.4. The van der Waals surface area contributed by atoms with Crippen LogP contribution >= 0.6 is 35.7 Å². The van der Waals surface area contributed by atoms with E-state index < -0.39 is 41.8 Å². The average Bonchev–Trinajstić information content (AvgIpc) is 3.20. The Bertz CT molecular complexity index is 1260. The fraction of sp³-hybridized carbons (Fsp3) is 0.462. The van der Waals surface area contributed by atoms with Crippen molar-refractivity contribution in [3.8, 4) is 0 Å². The van der Waals surface area contributed by atoms with Gasteiger partial charge in [-0.25, -0.2) is 9.59 Å². The molecular formula is C26H28F3NO5S3. The quantitative estimate of drug-likeness (QED) is 0.221. The lowest BCUT2D eigenvalue weighted by Crippen LogP contribution is -2.59. The zero-order valence-corrected chi connectivity index (χ0v) is 24.6. The number of aryl methyl sites for hydroxylation is 2. The highest BCUT2D eigenvalue weighted by molar-refractivity contribution is 8.29. The van der Waals surface area contributed by atoms with Gasteiger partial charge in [0.05, 0.1) is 32.5 Å². The minimum atomic E-state index is -5.13. The van der Waals surface area contributed by atoms with Gasteiger partial charge in [0.15, 0.2) is 0 Å². The van der Waals surface area contributed by atoms with Crippen molar-refractivity contribution in [1.29, 1.82) is 0 Å². The topological polar surface area (TPSA) is 72.9 Å². The standard InChI is InChI=1S/C26H28F3NO5S3/c1-11(2)34-21(31)18-19(22(32)35-12(3)4)38-23(37-18)17-15-9-13(5)14(6)10-16(15)30(24(33)26(27,28)29)25(7,8)20(17)36/h9-12H,1-8H3. The number of carbonyl (C=O) groups excluding carboxylic acids is 3. The van der Waals surface area contributed by atoms with Crippen LogP contribution < -0.4 is 4.90 Å². The first-order valence-electron chi connectivity index (χ1n) is 11.7. The van der Waals surface area contributed by atoms with Gasteiger partial charge in [0.25, 0.3) is 0 Å². The van der Waals surface area contributed by atoms with E-state index in [1.54, 1.807) is 47.6 Å². The number of fused-ring (bicyclic) bond motifs is 1. The van der Waals surface area contributed by atoms with Gasteiger partial charge in [-0.1, -0.05) is 35.7 Å². The summed E-state index contributed by atoms with van der Waals surface area (Å²) in [5, 5.41) is 0. The summed E-state index contributed by atoms with van der Waals surface area (Å²) < 4.78 is 52.2. The van der Waals surface area contributed by atoms with Crippen LogP contribution in [0.15, 0.2) is 26.2 Å². The van der Waals surface area contributed by atoms with Crippen molar-refractivity contribution >= 4 is 69.7 Å². The lowest BCUT2D eigenvalue weighted by Gasteiger charge is -2.45. The molecule has 0 saturated heterocycles. The van der Waals surface area contributed by atoms with Crippen molar-refractivity contribution in [2.45, 2.75) is 79.3 Å². The van der Waals surface area contributed by atoms with E-state index in [4.69, 9.17) is 21.7 Å². The third kappa shape index (κ3) is 5.67. The molecule has 3 rings (SSSR count). The number of nitrogens with zero attached hydrogens (tertiary/aromatic N) is 1. The van der Waals surface area contributed by atoms with Crippen molar-refractivity contribution in [2.24, 2.45) is 0 Å². The van der Waals surface area contributed by atoms with Gasteiger partial charge < -0.3 is 9.47 Å². The largest absolute Gasteiger partial charge is 0.471 e. The van der Waals surface area contributed by atoms with Crippen LogP contribution in [0.2, 0.25) is 0 Å². The molecule has 38 heavy (non-hydrogen) atoms. The molecule has 6 nitrogen and oxygen atoms in total. The second-order valence-electron chi connectivity index (χ2n) is 9.91. The SMILES string of the molecule is Cc1cc2c(cc1C)N(C(=O)C(F)(F)F)C(C)(C)C(=S)C2=C1SC(C(=O)OC(C)C)=C(C(=O)OC(C)C)S1. The molecule has 206 valence electrons. The third-order valence-electron chi connectivity index (χ3n) is 5.77. The van der Waals surface area contributed by atoms with Crippen molar-refractivity contribution < 1.29 is 37.0 Å². The summed E-state index contributed by atoms with van der Waals surface area (Å²) in [5.74, 6) is -3.48. The zero-order chi connectivity index (χ0) is 28.9. The van der Waals surface area contributed by atoms with Crippen LogP contribution in [-0.2, 0) is 23.9 Å². The van der Waals surface area contributed by atoms with E-state index in [1.807, 2.05) is 0 Å². The molecule has 1 amide bonds. The Morgan fingerprint density at radius 3 is 1.79 bits per heavy atom. The summed E-state index contributed by atoms with van der Waals surface area (Å²) in [4.78, 5) is 39.3. The number of rotatable bonds is 4. The van der Waals surface area contributed by atoms with Crippen molar-refractivity contribution in [1.82, 2.24) is 0 Å². The minimum Gasteiger partial charge on any atom is -0.459 e. The van der Waals surface area contributed by atoms with E-state index in [0.717, 1.165) is 29.1 Å². The van der Waals surface area contributed by atoms with E-state index in [1.165, 1.54) is 19.9 Å². The molecule has 0 radical (unpaired) electrons. The zero-order valence-electron chi connectivity index (χ0n) is 22.2. The molecule has 0 aliphatic carbocycles. The Balaban J connectivity index is 2.28. The molecule has 0 N–H and O–H groups in total. The van der Waals surface area contributed by atoms with E-state index in [-0.39, 0.29) is 20.4 Å². The lowest BCUT2D eigenvalue weighted by molar-refractivity contribution is -0.171. The van der Waals surface area contributed by atoms with Gasteiger partial charge in [-0.15, -0.1) is 0 Å². The summed E-state index contributed by atoms with van der Waals surface area (Å²) in [5.41, 5.74) is 0.626. The summed E-state index contributed by atoms with van der Waals surface area (Å²) >= 11 is 7.64. The smallest absolute Gasteiger partial charge is 0.459 e. The van der Waals surface area contributed by atoms with E-state index in [2.05, 4.69) is 0 Å². The molecule has 2 aliphatic rings. The number of ether oxygens (including phenoxy) is 2. The first-order chi connectivity index (χ1) is 17.4. The monoisotopic (exact) mass is 587 g/mol. The molecule has 0 aromatic heterocycles. The Hall–Kier alpha value is -2.31. The maximum Gasteiger partial charge on any atom is 0.471 e. The number of carbonyl (C=O) groups is 3. The average molecular weight is 588 g/mol. The predicted octanol–water partition coefficient (Wildman–Crippen LogP) is 6.62. The van der Waals surface area contributed by atoms with Gasteiger partial charge in [-0.2, -0.15) is 13.2 Å². The highest BCUT2D eigenvalue weighted by atomic mass is 32.2. The number of amides is 1. The van der Waals surface area contributed by atoms with Crippen LogP contribution in [0.4, 0.5) is 18.9 Å². The van der Waals surface area contributed by atoms with E-state index >= 15 is 0 Å². The summed E-state index contributed by atoms with van der Waals surface area (Å²) in [7, 11) is 0. The number of hydrogen-bond donors (Lipinski definition) is 0. The van der Waals surface area contributed by atoms with Crippen LogP contribution in [0, 0.1) is 13.8 Å². The fourth-order valence-electron chi connectivity index (χ4n) is 3.91. The van der Waals surface area contributed by atoms with Crippen molar-refractivity contribution in [3.63, 3.8) is 0 Å². The van der Waals surface area contributed by atoms with Gasteiger partial charge in [-0.05, 0) is 78.6 Å². The Labute approximate surface area is 233 Å². The molecule has 0 atom stereocenters. The van der Waals surface area contributed by atoms with Crippen LogP contribution in [0.3, 0.4) is 0 Å². The highest BCUT2D eigenvalue weighted by Gasteiger charge is 2.53. The van der Waals surface area contributed by atoms with Crippen LogP contribution in [0.25, 0.3) is 5.57 Å². The Morgan fingerprint density at radius 1 is 0.921 bits per heavy atom. The molecule has 12 heteroatoms. The fourth-order valence-corrected chi connectivity index (χ4v) is 6.88. The van der Waals surface area contributed by atoms with Crippen molar-refractivity contribution in [2.75, 3.05) is 4.90 Å². The number of anilines is 1. The first-order valence-corrected chi connectivity index (χ1v) is 13.8. The second-order valence-corrected chi connectivity index (χ2v) is 12.6. The molecule has 1 aromatic carbocycles.